The minimum Gasteiger partial charge on any atom is -0.339 e. The SMILES string of the molecule is CC1SCCSC1c1noc(C2C=CC(N)C2)n1. The minimum atomic E-state index is 0.129. The van der Waals surface area contributed by atoms with Crippen molar-refractivity contribution in [3.8, 4) is 0 Å². The van der Waals surface area contributed by atoms with Crippen molar-refractivity contribution in [1.29, 1.82) is 0 Å². The van der Waals surface area contributed by atoms with E-state index in [4.69, 9.17) is 10.3 Å². The summed E-state index contributed by atoms with van der Waals surface area (Å²) >= 11 is 3.92. The molecule has 0 radical (unpaired) electrons. The molecular weight excluding hydrogens is 266 g/mol. The first kappa shape index (κ1) is 12.6. The second kappa shape index (κ2) is 5.27. The van der Waals surface area contributed by atoms with E-state index < -0.39 is 0 Å². The molecule has 0 spiro atoms. The van der Waals surface area contributed by atoms with Crippen molar-refractivity contribution in [2.45, 2.75) is 35.8 Å². The lowest BCUT2D eigenvalue weighted by Crippen LogP contribution is -2.17. The number of allylic oxidation sites excluding steroid dienone is 1. The van der Waals surface area contributed by atoms with Crippen molar-refractivity contribution < 1.29 is 4.52 Å². The molecule has 1 aliphatic heterocycles. The van der Waals surface area contributed by atoms with Gasteiger partial charge in [0, 0.05) is 22.8 Å². The van der Waals surface area contributed by atoms with Gasteiger partial charge in [-0.05, 0) is 6.42 Å². The highest BCUT2D eigenvalue weighted by atomic mass is 32.2. The third kappa shape index (κ3) is 2.46. The lowest BCUT2D eigenvalue weighted by atomic mass is 10.1. The van der Waals surface area contributed by atoms with Crippen LogP contribution in [0.25, 0.3) is 0 Å². The average molecular weight is 283 g/mol. The number of nitrogens with two attached hydrogens (primary N) is 1. The Labute approximate surface area is 115 Å². The van der Waals surface area contributed by atoms with Crippen LogP contribution in [0.4, 0.5) is 0 Å². The Morgan fingerprint density at radius 3 is 2.89 bits per heavy atom. The first-order valence-corrected chi connectivity index (χ1v) is 8.34. The molecular formula is C12H17N3OS2. The summed E-state index contributed by atoms with van der Waals surface area (Å²) in [5, 5.41) is 5.08. The molecule has 0 bridgehead atoms. The summed E-state index contributed by atoms with van der Waals surface area (Å²) in [6.07, 6.45) is 4.97. The highest BCUT2D eigenvalue weighted by molar-refractivity contribution is 8.06. The maximum Gasteiger partial charge on any atom is 0.233 e. The van der Waals surface area contributed by atoms with Gasteiger partial charge in [0.2, 0.25) is 5.89 Å². The van der Waals surface area contributed by atoms with Crippen LogP contribution in [0.2, 0.25) is 0 Å². The average Bonchev–Trinajstić information content (AvgIpc) is 2.98. The molecule has 2 heterocycles. The Kier molecular flexibility index (Phi) is 3.68. The maximum absolute atomic E-state index is 5.85. The van der Waals surface area contributed by atoms with Gasteiger partial charge in [-0.3, -0.25) is 0 Å². The summed E-state index contributed by atoms with van der Waals surface area (Å²) in [7, 11) is 0. The number of nitrogens with zero attached hydrogens (tertiary/aromatic N) is 2. The fourth-order valence-electron chi connectivity index (χ4n) is 2.34. The summed E-state index contributed by atoms with van der Waals surface area (Å²) in [4.78, 5) is 4.58. The summed E-state index contributed by atoms with van der Waals surface area (Å²) < 4.78 is 5.41. The highest BCUT2D eigenvalue weighted by Gasteiger charge is 2.30. The summed E-state index contributed by atoms with van der Waals surface area (Å²) in [6.45, 7) is 2.24. The molecule has 1 saturated heterocycles. The number of aromatic nitrogens is 2. The third-order valence-corrected chi connectivity index (χ3v) is 6.42. The molecule has 0 amide bonds. The lowest BCUT2D eigenvalue weighted by Gasteiger charge is -2.24. The predicted octanol–water partition coefficient (Wildman–Crippen LogP) is 2.35. The standard InChI is InChI=1S/C12H17N3OS2/c1-7-10(18-5-4-17-7)11-14-12(16-15-11)8-2-3-9(13)6-8/h2-3,7-10H,4-6,13H2,1H3. The molecule has 1 aromatic heterocycles. The van der Waals surface area contributed by atoms with Gasteiger partial charge in [0.15, 0.2) is 5.82 Å². The van der Waals surface area contributed by atoms with Crippen molar-refractivity contribution >= 4 is 23.5 Å². The monoisotopic (exact) mass is 283 g/mol. The molecule has 3 rings (SSSR count). The van der Waals surface area contributed by atoms with Crippen LogP contribution in [0.15, 0.2) is 16.7 Å². The van der Waals surface area contributed by atoms with E-state index in [1.807, 2.05) is 29.6 Å². The molecule has 18 heavy (non-hydrogen) atoms. The first-order chi connectivity index (χ1) is 8.74. The molecule has 98 valence electrons. The van der Waals surface area contributed by atoms with Crippen molar-refractivity contribution in [2.24, 2.45) is 5.73 Å². The van der Waals surface area contributed by atoms with Crippen LogP contribution in [-0.2, 0) is 0 Å². The van der Waals surface area contributed by atoms with Gasteiger partial charge in [-0.15, -0.1) is 11.8 Å². The second-order valence-electron chi connectivity index (χ2n) is 4.75. The van der Waals surface area contributed by atoms with Crippen molar-refractivity contribution in [3.05, 3.63) is 23.9 Å². The highest BCUT2D eigenvalue weighted by Crippen LogP contribution is 2.41. The predicted molar refractivity (Wildman–Crippen MR) is 75.9 cm³/mol. The number of rotatable bonds is 2. The van der Waals surface area contributed by atoms with Gasteiger partial charge in [-0.2, -0.15) is 16.7 Å². The second-order valence-corrected chi connectivity index (χ2v) is 7.48. The molecule has 2 aliphatic rings. The summed E-state index contributed by atoms with van der Waals surface area (Å²) in [5.41, 5.74) is 5.85. The van der Waals surface area contributed by atoms with E-state index in [1.165, 1.54) is 5.75 Å². The Bertz CT molecular complexity index is 448. The van der Waals surface area contributed by atoms with Crippen LogP contribution in [0.5, 0.6) is 0 Å². The van der Waals surface area contributed by atoms with Crippen LogP contribution >= 0.6 is 23.5 Å². The fourth-order valence-corrected chi connectivity index (χ4v) is 5.02. The largest absolute Gasteiger partial charge is 0.339 e. The van der Waals surface area contributed by atoms with Crippen LogP contribution in [-0.4, -0.2) is 32.9 Å². The van der Waals surface area contributed by atoms with Gasteiger partial charge < -0.3 is 10.3 Å². The number of thioether (sulfide) groups is 2. The normalized spacial score (nSPS) is 36.1. The Morgan fingerprint density at radius 1 is 1.33 bits per heavy atom. The van der Waals surface area contributed by atoms with E-state index in [2.05, 4.69) is 23.1 Å². The zero-order chi connectivity index (χ0) is 12.5. The molecule has 6 heteroatoms. The lowest BCUT2D eigenvalue weighted by molar-refractivity contribution is 0.359. The summed E-state index contributed by atoms with van der Waals surface area (Å²) in [5.74, 6) is 4.16. The third-order valence-electron chi connectivity index (χ3n) is 3.33. The first-order valence-electron chi connectivity index (χ1n) is 6.24. The van der Waals surface area contributed by atoms with Gasteiger partial charge in [0.05, 0.1) is 11.2 Å². The van der Waals surface area contributed by atoms with E-state index in [0.29, 0.717) is 10.5 Å². The molecule has 1 aromatic rings. The van der Waals surface area contributed by atoms with Gasteiger partial charge >= 0.3 is 0 Å². The molecule has 4 unspecified atom stereocenters. The van der Waals surface area contributed by atoms with Gasteiger partial charge in [0.25, 0.3) is 0 Å². The number of hydrogen-bond donors (Lipinski definition) is 1. The molecule has 2 N–H and O–H groups in total. The van der Waals surface area contributed by atoms with Crippen LogP contribution in [0.3, 0.4) is 0 Å². The molecule has 4 nitrogen and oxygen atoms in total. The summed E-state index contributed by atoms with van der Waals surface area (Å²) in [6, 6.07) is 0.129. The van der Waals surface area contributed by atoms with Crippen molar-refractivity contribution in [2.75, 3.05) is 11.5 Å². The zero-order valence-corrected chi connectivity index (χ0v) is 11.9. The zero-order valence-electron chi connectivity index (χ0n) is 10.3. The van der Waals surface area contributed by atoms with Crippen LogP contribution in [0, 0.1) is 0 Å². The topological polar surface area (TPSA) is 64.9 Å². The molecule has 1 fully saturated rings. The molecule has 1 aliphatic carbocycles. The van der Waals surface area contributed by atoms with E-state index in [-0.39, 0.29) is 12.0 Å². The Hall–Kier alpha value is -0.460. The Balaban J connectivity index is 1.75. The quantitative estimate of drug-likeness (QED) is 0.841. The van der Waals surface area contributed by atoms with Crippen LogP contribution in [0.1, 0.15) is 36.2 Å². The van der Waals surface area contributed by atoms with Gasteiger partial charge in [-0.25, -0.2) is 0 Å². The minimum absolute atomic E-state index is 0.129. The smallest absolute Gasteiger partial charge is 0.233 e. The van der Waals surface area contributed by atoms with Crippen LogP contribution < -0.4 is 5.73 Å². The number of hydrogen-bond acceptors (Lipinski definition) is 6. The van der Waals surface area contributed by atoms with E-state index in [0.717, 1.165) is 23.9 Å². The van der Waals surface area contributed by atoms with Crippen molar-refractivity contribution in [3.63, 3.8) is 0 Å². The molecule has 0 aromatic carbocycles. The Morgan fingerprint density at radius 2 is 2.17 bits per heavy atom. The van der Waals surface area contributed by atoms with Gasteiger partial charge in [0.1, 0.15) is 0 Å². The van der Waals surface area contributed by atoms with Gasteiger partial charge in [-0.1, -0.05) is 24.2 Å². The molecule has 0 saturated carbocycles. The van der Waals surface area contributed by atoms with E-state index in [9.17, 15) is 0 Å². The van der Waals surface area contributed by atoms with E-state index >= 15 is 0 Å². The fraction of sp³-hybridized carbons (Fsp3) is 0.667. The molecule has 4 atom stereocenters. The maximum atomic E-state index is 5.85. The van der Waals surface area contributed by atoms with E-state index in [1.54, 1.807) is 0 Å². The van der Waals surface area contributed by atoms with Crippen molar-refractivity contribution in [1.82, 2.24) is 10.1 Å².